The van der Waals surface area contributed by atoms with Crippen LogP contribution >= 0.6 is 0 Å². The summed E-state index contributed by atoms with van der Waals surface area (Å²) in [7, 11) is 0. The minimum absolute atomic E-state index is 0.0474. The Labute approximate surface area is 144 Å². The number of carbonyl (C=O) groups excluding carboxylic acids is 2. The third kappa shape index (κ3) is 2.13. The van der Waals surface area contributed by atoms with Gasteiger partial charge >= 0.3 is 0 Å². The van der Waals surface area contributed by atoms with Gasteiger partial charge in [-0.05, 0) is 67.1 Å². The van der Waals surface area contributed by atoms with Crippen molar-refractivity contribution in [3.63, 3.8) is 0 Å². The zero-order chi connectivity index (χ0) is 17.1. The molecule has 0 heterocycles. The largest absolute Gasteiger partial charge is 0.389 e. The van der Waals surface area contributed by atoms with Gasteiger partial charge in [-0.3, -0.25) is 9.59 Å². The first kappa shape index (κ1) is 16.5. The standard InChI is InChI=1S/C21H30O3/c1-20-10-9-17-15(16(20)7-8-18(20)19(24)12-22)6-4-13-3-5-14(23)11-21(13,17)2/h3,15-18,22H,4-12H2,1-2H3/t15-,16-,17-,18+,20-,21-/m0/s1. The zero-order valence-corrected chi connectivity index (χ0v) is 15.0. The molecule has 1 N–H and O–H groups in total. The molecule has 0 spiro atoms. The lowest BCUT2D eigenvalue weighted by Gasteiger charge is -2.57. The third-order valence-corrected chi connectivity index (χ3v) is 8.42. The van der Waals surface area contributed by atoms with E-state index in [1.165, 1.54) is 12.0 Å². The molecule has 4 aliphatic carbocycles. The molecule has 0 aromatic rings. The average molecular weight is 330 g/mol. The summed E-state index contributed by atoms with van der Waals surface area (Å²) in [5, 5.41) is 9.36. The molecule has 4 rings (SSSR count). The van der Waals surface area contributed by atoms with E-state index in [4.69, 9.17) is 0 Å². The van der Waals surface area contributed by atoms with Crippen molar-refractivity contribution in [3.05, 3.63) is 11.6 Å². The lowest BCUT2D eigenvalue weighted by atomic mass is 9.46. The lowest BCUT2D eigenvalue weighted by molar-refractivity contribution is -0.133. The highest BCUT2D eigenvalue weighted by atomic mass is 16.3. The highest BCUT2D eigenvalue weighted by Crippen LogP contribution is 2.66. The van der Waals surface area contributed by atoms with E-state index in [-0.39, 0.29) is 29.1 Å². The Bertz CT molecular complexity index is 606. The van der Waals surface area contributed by atoms with Crippen LogP contribution in [0.3, 0.4) is 0 Å². The van der Waals surface area contributed by atoms with Gasteiger partial charge in [0.2, 0.25) is 0 Å². The molecule has 0 aromatic heterocycles. The number of Topliss-reactive ketones (excluding diaryl/α,β-unsaturated/α-hetero) is 2. The second-order valence-electron chi connectivity index (χ2n) is 9.28. The van der Waals surface area contributed by atoms with E-state index in [1.807, 2.05) is 0 Å². The number of aliphatic hydroxyl groups excluding tert-OH is 1. The number of fused-ring (bicyclic) bond motifs is 5. The van der Waals surface area contributed by atoms with Gasteiger partial charge in [-0.15, -0.1) is 0 Å². The van der Waals surface area contributed by atoms with Crippen molar-refractivity contribution in [1.82, 2.24) is 0 Å². The number of allylic oxidation sites excluding steroid dienone is 2. The van der Waals surface area contributed by atoms with Gasteiger partial charge in [0.1, 0.15) is 12.4 Å². The Kier molecular flexibility index (Phi) is 3.80. The predicted molar refractivity (Wildman–Crippen MR) is 92.3 cm³/mol. The minimum atomic E-state index is -0.305. The van der Waals surface area contributed by atoms with Crippen molar-refractivity contribution in [2.24, 2.45) is 34.5 Å². The lowest BCUT2D eigenvalue weighted by Crippen LogP contribution is -2.51. The molecule has 0 aromatic carbocycles. The number of hydrogen-bond acceptors (Lipinski definition) is 3. The van der Waals surface area contributed by atoms with Gasteiger partial charge in [0.15, 0.2) is 5.78 Å². The first-order valence-corrected chi connectivity index (χ1v) is 9.75. The number of rotatable bonds is 2. The van der Waals surface area contributed by atoms with Crippen LogP contribution in [0.1, 0.15) is 65.2 Å². The second kappa shape index (κ2) is 5.52. The molecule has 24 heavy (non-hydrogen) atoms. The van der Waals surface area contributed by atoms with Gasteiger partial charge in [0.25, 0.3) is 0 Å². The molecule has 0 radical (unpaired) electrons. The fourth-order valence-electron chi connectivity index (χ4n) is 7.26. The van der Waals surface area contributed by atoms with Crippen molar-refractivity contribution in [2.75, 3.05) is 6.61 Å². The Morgan fingerprint density at radius 1 is 1.21 bits per heavy atom. The van der Waals surface area contributed by atoms with E-state index >= 15 is 0 Å². The molecular weight excluding hydrogens is 300 g/mol. The van der Waals surface area contributed by atoms with Crippen LogP contribution in [0.25, 0.3) is 0 Å². The molecule has 0 amide bonds. The molecule has 3 heteroatoms. The summed E-state index contributed by atoms with van der Waals surface area (Å²) < 4.78 is 0. The van der Waals surface area contributed by atoms with Gasteiger partial charge in [-0.2, -0.15) is 0 Å². The maximum atomic E-state index is 12.3. The summed E-state index contributed by atoms with van der Waals surface area (Å²) >= 11 is 0. The molecule has 3 fully saturated rings. The van der Waals surface area contributed by atoms with Crippen molar-refractivity contribution < 1.29 is 14.7 Å². The second-order valence-corrected chi connectivity index (χ2v) is 9.28. The van der Waals surface area contributed by atoms with Crippen LogP contribution in [-0.4, -0.2) is 23.3 Å². The smallest absolute Gasteiger partial charge is 0.161 e. The molecule has 0 aliphatic heterocycles. The van der Waals surface area contributed by atoms with Crippen LogP contribution < -0.4 is 0 Å². The number of aliphatic hydroxyl groups is 1. The molecule has 0 unspecified atom stereocenters. The minimum Gasteiger partial charge on any atom is -0.389 e. The quantitative estimate of drug-likeness (QED) is 0.786. The number of ketones is 2. The average Bonchev–Trinajstić information content (AvgIpc) is 2.90. The van der Waals surface area contributed by atoms with E-state index in [0.717, 1.165) is 38.5 Å². The van der Waals surface area contributed by atoms with Crippen LogP contribution in [0.15, 0.2) is 11.6 Å². The van der Waals surface area contributed by atoms with Crippen molar-refractivity contribution in [2.45, 2.75) is 65.2 Å². The first-order chi connectivity index (χ1) is 11.4. The maximum Gasteiger partial charge on any atom is 0.161 e. The Morgan fingerprint density at radius 3 is 2.75 bits per heavy atom. The van der Waals surface area contributed by atoms with Crippen molar-refractivity contribution in [1.29, 1.82) is 0 Å². The SMILES string of the molecule is C[C@]12CC[C@H]3[C@@H](CCC4=CCC(=O)C[C@@]43C)[C@@H]1CC[C@@H]2C(=O)CO. The van der Waals surface area contributed by atoms with E-state index in [1.54, 1.807) is 0 Å². The number of carbonyl (C=O) groups is 2. The molecule has 6 atom stereocenters. The fourth-order valence-corrected chi connectivity index (χ4v) is 7.26. The van der Waals surface area contributed by atoms with Crippen LogP contribution in [0.5, 0.6) is 0 Å². The Balaban J connectivity index is 1.65. The topological polar surface area (TPSA) is 54.4 Å². The van der Waals surface area contributed by atoms with Crippen molar-refractivity contribution in [3.8, 4) is 0 Å². The number of hydrogen-bond donors (Lipinski definition) is 1. The van der Waals surface area contributed by atoms with Gasteiger partial charge in [-0.1, -0.05) is 25.5 Å². The first-order valence-electron chi connectivity index (χ1n) is 9.75. The van der Waals surface area contributed by atoms with Gasteiger partial charge in [0.05, 0.1) is 0 Å². The summed E-state index contributed by atoms with van der Waals surface area (Å²) in [4.78, 5) is 24.4. The molecule has 132 valence electrons. The van der Waals surface area contributed by atoms with Gasteiger partial charge in [-0.25, -0.2) is 0 Å². The van der Waals surface area contributed by atoms with E-state index in [0.29, 0.717) is 30.0 Å². The fraction of sp³-hybridized carbons (Fsp3) is 0.810. The van der Waals surface area contributed by atoms with Crippen LogP contribution in [0.2, 0.25) is 0 Å². The zero-order valence-electron chi connectivity index (χ0n) is 15.0. The highest BCUT2D eigenvalue weighted by Gasteiger charge is 2.60. The predicted octanol–water partition coefficient (Wildman–Crippen LogP) is 3.70. The van der Waals surface area contributed by atoms with Gasteiger partial charge < -0.3 is 5.11 Å². The van der Waals surface area contributed by atoms with Crippen LogP contribution in [-0.2, 0) is 9.59 Å². The molecular formula is C21H30O3. The summed E-state index contributed by atoms with van der Waals surface area (Å²) in [6, 6.07) is 0. The van der Waals surface area contributed by atoms with Crippen LogP contribution in [0, 0.1) is 34.5 Å². The molecule has 0 saturated heterocycles. The normalized spacial score (nSPS) is 47.5. The Morgan fingerprint density at radius 2 is 2.00 bits per heavy atom. The summed E-state index contributed by atoms with van der Waals surface area (Å²) in [5.74, 6) is 2.33. The highest BCUT2D eigenvalue weighted by molar-refractivity contribution is 5.83. The van der Waals surface area contributed by atoms with E-state index in [2.05, 4.69) is 19.9 Å². The summed E-state index contributed by atoms with van der Waals surface area (Å²) in [6.07, 6.45) is 10.2. The van der Waals surface area contributed by atoms with E-state index < -0.39 is 0 Å². The molecule has 0 bridgehead atoms. The molecule has 4 aliphatic rings. The summed E-state index contributed by atoms with van der Waals surface area (Å²) in [5.41, 5.74) is 1.67. The Hall–Kier alpha value is -0.960. The van der Waals surface area contributed by atoms with Crippen molar-refractivity contribution >= 4 is 11.6 Å². The maximum absolute atomic E-state index is 12.3. The monoisotopic (exact) mass is 330 g/mol. The summed E-state index contributed by atoms with van der Waals surface area (Å²) in [6.45, 7) is 4.33. The van der Waals surface area contributed by atoms with Crippen LogP contribution in [0.4, 0.5) is 0 Å². The van der Waals surface area contributed by atoms with E-state index in [9.17, 15) is 14.7 Å². The third-order valence-electron chi connectivity index (χ3n) is 8.42. The molecule has 3 nitrogen and oxygen atoms in total. The van der Waals surface area contributed by atoms with Gasteiger partial charge in [0, 0.05) is 18.8 Å². The molecule has 3 saturated carbocycles.